The van der Waals surface area contributed by atoms with Gasteiger partial charge < -0.3 is 14.8 Å². The summed E-state index contributed by atoms with van der Waals surface area (Å²) in [6, 6.07) is 11.1. The highest BCUT2D eigenvalue weighted by atomic mass is 35.5. The van der Waals surface area contributed by atoms with Crippen LogP contribution in [0.1, 0.15) is 11.1 Å². The maximum atomic E-state index is 6.15. The van der Waals surface area contributed by atoms with Gasteiger partial charge in [0.05, 0.1) is 7.11 Å². The van der Waals surface area contributed by atoms with Crippen LogP contribution >= 0.6 is 23.2 Å². The molecule has 0 radical (unpaired) electrons. The molecule has 0 spiro atoms. The van der Waals surface area contributed by atoms with Gasteiger partial charge in [-0.25, -0.2) is 0 Å². The minimum absolute atomic E-state index is 0.375. The summed E-state index contributed by atoms with van der Waals surface area (Å²) in [5, 5.41) is 4.32. The predicted molar refractivity (Wildman–Crippen MR) is 86.6 cm³/mol. The number of rotatable bonds is 6. The van der Waals surface area contributed by atoms with Crippen molar-refractivity contribution in [1.29, 1.82) is 0 Å². The summed E-state index contributed by atoms with van der Waals surface area (Å²) in [6.45, 7) is 1.09. The first-order chi connectivity index (χ1) is 10.1. The van der Waals surface area contributed by atoms with Gasteiger partial charge in [0.2, 0.25) is 0 Å². The molecular formula is C16H17Cl2NO2. The molecule has 0 amide bonds. The second-order valence-corrected chi connectivity index (χ2v) is 5.37. The lowest BCUT2D eigenvalue weighted by Gasteiger charge is -2.13. The summed E-state index contributed by atoms with van der Waals surface area (Å²) >= 11 is 12.0. The highest BCUT2D eigenvalue weighted by molar-refractivity contribution is 6.35. The summed E-state index contributed by atoms with van der Waals surface area (Å²) < 4.78 is 11.1. The molecule has 0 aliphatic rings. The molecule has 0 aliphatic carbocycles. The van der Waals surface area contributed by atoms with E-state index in [4.69, 9.17) is 32.7 Å². The molecule has 0 unspecified atom stereocenters. The van der Waals surface area contributed by atoms with Crippen LogP contribution in [0.15, 0.2) is 36.4 Å². The molecule has 0 aliphatic heterocycles. The molecule has 1 N–H and O–H groups in total. The smallest absolute Gasteiger partial charge is 0.127 e. The first-order valence-corrected chi connectivity index (χ1v) is 7.28. The predicted octanol–water partition coefficient (Wildman–Crippen LogP) is 4.30. The van der Waals surface area contributed by atoms with Crippen molar-refractivity contribution < 1.29 is 9.47 Å². The van der Waals surface area contributed by atoms with Gasteiger partial charge in [-0.15, -0.1) is 0 Å². The molecule has 2 aromatic carbocycles. The first kappa shape index (κ1) is 16.0. The van der Waals surface area contributed by atoms with Crippen LogP contribution in [0.2, 0.25) is 10.0 Å². The van der Waals surface area contributed by atoms with Crippen molar-refractivity contribution in [2.45, 2.75) is 13.2 Å². The Balaban J connectivity index is 2.17. The molecule has 0 fully saturated rings. The van der Waals surface area contributed by atoms with Gasteiger partial charge in [0, 0.05) is 33.8 Å². The van der Waals surface area contributed by atoms with Crippen molar-refractivity contribution in [3.05, 3.63) is 57.6 Å². The van der Waals surface area contributed by atoms with E-state index in [1.807, 2.05) is 31.3 Å². The third kappa shape index (κ3) is 4.27. The fraction of sp³-hybridized carbons (Fsp3) is 0.250. The lowest BCUT2D eigenvalue weighted by atomic mass is 10.2. The Labute approximate surface area is 134 Å². The van der Waals surface area contributed by atoms with E-state index in [0.29, 0.717) is 23.2 Å². The van der Waals surface area contributed by atoms with Crippen LogP contribution in [0.3, 0.4) is 0 Å². The lowest BCUT2D eigenvalue weighted by molar-refractivity contribution is 0.300. The topological polar surface area (TPSA) is 30.5 Å². The van der Waals surface area contributed by atoms with Gasteiger partial charge in [0.15, 0.2) is 0 Å². The molecular weight excluding hydrogens is 309 g/mol. The van der Waals surface area contributed by atoms with Crippen molar-refractivity contribution >= 4 is 23.2 Å². The number of nitrogens with one attached hydrogen (secondary N) is 1. The molecule has 2 rings (SSSR count). The summed E-state index contributed by atoms with van der Waals surface area (Å²) in [7, 11) is 3.52. The Morgan fingerprint density at radius 1 is 1.05 bits per heavy atom. The molecule has 0 saturated heterocycles. The molecule has 2 aromatic rings. The van der Waals surface area contributed by atoms with E-state index in [0.717, 1.165) is 22.6 Å². The Morgan fingerprint density at radius 2 is 1.81 bits per heavy atom. The Kier molecular flexibility index (Phi) is 5.74. The fourth-order valence-electron chi connectivity index (χ4n) is 1.93. The third-order valence-corrected chi connectivity index (χ3v) is 3.63. The van der Waals surface area contributed by atoms with Crippen molar-refractivity contribution in [3.8, 4) is 11.5 Å². The molecule has 0 saturated carbocycles. The summed E-state index contributed by atoms with van der Waals surface area (Å²) in [4.78, 5) is 0. The van der Waals surface area contributed by atoms with Crippen LogP contribution in [0.25, 0.3) is 0 Å². The summed E-state index contributed by atoms with van der Waals surface area (Å²) in [5.41, 5.74) is 1.95. The van der Waals surface area contributed by atoms with E-state index >= 15 is 0 Å². The van der Waals surface area contributed by atoms with Gasteiger partial charge in [-0.1, -0.05) is 35.3 Å². The molecule has 5 heteroatoms. The minimum Gasteiger partial charge on any atom is -0.497 e. The first-order valence-electron chi connectivity index (χ1n) is 6.52. The van der Waals surface area contributed by atoms with E-state index in [1.54, 1.807) is 19.2 Å². The van der Waals surface area contributed by atoms with Crippen molar-refractivity contribution in [1.82, 2.24) is 5.32 Å². The van der Waals surface area contributed by atoms with Gasteiger partial charge in [0.25, 0.3) is 0 Å². The minimum atomic E-state index is 0.375. The number of benzene rings is 2. The fourth-order valence-corrected chi connectivity index (χ4v) is 2.39. The van der Waals surface area contributed by atoms with E-state index < -0.39 is 0 Å². The number of ether oxygens (including phenoxy) is 2. The number of methoxy groups -OCH3 is 1. The molecule has 0 bridgehead atoms. The Hall–Kier alpha value is -1.42. The quantitative estimate of drug-likeness (QED) is 0.858. The van der Waals surface area contributed by atoms with E-state index in [-0.39, 0.29) is 0 Å². The standard InChI is InChI=1S/C16H17Cl2NO2/c1-19-9-11-4-6-14(20-2)8-16(11)21-10-12-3-5-13(17)7-15(12)18/h3-8,19H,9-10H2,1-2H3. The molecule has 21 heavy (non-hydrogen) atoms. The zero-order valence-electron chi connectivity index (χ0n) is 12.0. The van der Waals surface area contributed by atoms with E-state index in [1.165, 1.54) is 0 Å². The number of hydrogen-bond acceptors (Lipinski definition) is 3. The number of halogens is 2. The van der Waals surface area contributed by atoms with Crippen molar-refractivity contribution in [2.75, 3.05) is 14.2 Å². The zero-order valence-corrected chi connectivity index (χ0v) is 13.5. The van der Waals surface area contributed by atoms with Gasteiger partial charge in [-0.05, 0) is 25.2 Å². The van der Waals surface area contributed by atoms with Gasteiger partial charge in [-0.2, -0.15) is 0 Å². The third-order valence-electron chi connectivity index (χ3n) is 3.04. The largest absolute Gasteiger partial charge is 0.497 e. The molecule has 3 nitrogen and oxygen atoms in total. The molecule has 0 atom stereocenters. The average Bonchev–Trinajstić information content (AvgIpc) is 2.48. The van der Waals surface area contributed by atoms with Crippen LogP contribution in [0, 0.1) is 0 Å². The Morgan fingerprint density at radius 3 is 2.48 bits per heavy atom. The van der Waals surface area contributed by atoms with E-state index in [9.17, 15) is 0 Å². The van der Waals surface area contributed by atoms with Crippen molar-refractivity contribution in [3.63, 3.8) is 0 Å². The van der Waals surface area contributed by atoms with Gasteiger partial charge >= 0.3 is 0 Å². The van der Waals surface area contributed by atoms with E-state index in [2.05, 4.69) is 5.32 Å². The summed E-state index contributed by atoms with van der Waals surface area (Å²) in [5.74, 6) is 1.53. The SMILES string of the molecule is CNCc1ccc(OC)cc1OCc1ccc(Cl)cc1Cl. The second-order valence-electron chi connectivity index (χ2n) is 4.53. The van der Waals surface area contributed by atoms with Crippen LogP contribution in [-0.2, 0) is 13.2 Å². The molecule has 0 aromatic heterocycles. The average molecular weight is 326 g/mol. The summed E-state index contributed by atoms with van der Waals surface area (Å²) in [6.07, 6.45) is 0. The van der Waals surface area contributed by atoms with Gasteiger partial charge in [0.1, 0.15) is 18.1 Å². The highest BCUT2D eigenvalue weighted by Crippen LogP contribution is 2.27. The van der Waals surface area contributed by atoms with Crippen LogP contribution in [-0.4, -0.2) is 14.2 Å². The second kappa shape index (κ2) is 7.55. The maximum Gasteiger partial charge on any atom is 0.127 e. The van der Waals surface area contributed by atoms with Crippen molar-refractivity contribution in [2.24, 2.45) is 0 Å². The van der Waals surface area contributed by atoms with Crippen LogP contribution in [0.5, 0.6) is 11.5 Å². The maximum absolute atomic E-state index is 6.15. The Bertz CT molecular complexity index is 617. The molecule has 0 heterocycles. The van der Waals surface area contributed by atoms with Crippen LogP contribution < -0.4 is 14.8 Å². The molecule has 112 valence electrons. The normalized spacial score (nSPS) is 10.5. The monoisotopic (exact) mass is 325 g/mol. The van der Waals surface area contributed by atoms with Crippen LogP contribution in [0.4, 0.5) is 0 Å². The lowest BCUT2D eigenvalue weighted by Crippen LogP contribution is -2.08. The zero-order chi connectivity index (χ0) is 15.2. The van der Waals surface area contributed by atoms with Gasteiger partial charge in [-0.3, -0.25) is 0 Å². The highest BCUT2D eigenvalue weighted by Gasteiger charge is 2.08. The number of hydrogen-bond donors (Lipinski definition) is 1.